The summed E-state index contributed by atoms with van der Waals surface area (Å²) in [6.45, 7) is 0. The van der Waals surface area contributed by atoms with Gasteiger partial charge in [-0.3, -0.25) is 14.2 Å². The predicted molar refractivity (Wildman–Crippen MR) is 110 cm³/mol. The number of thiazole rings is 1. The van der Waals surface area contributed by atoms with Gasteiger partial charge in [0.2, 0.25) is 0 Å². The average Bonchev–Trinajstić information content (AvgIpc) is 3.03. The zero-order valence-electron chi connectivity index (χ0n) is 15.2. The van der Waals surface area contributed by atoms with Crippen molar-refractivity contribution in [2.75, 3.05) is 0 Å². The molecule has 3 aromatic rings. The van der Waals surface area contributed by atoms with Crippen molar-refractivity contribution in [3.8, 4) is 0 Å². The molecule has 2 aliphatic rings. The molecule has 0 radical (unpaired) electrons. The smallest absolute Gasteiger partial charge is 0.271 e. The van der Waals surface area contributed by atoms with Crippen molar-refractivity contribution in [3.05, 3.63) is 103 Å². The highest BCUT2D eigenvalue weighted by molar-refractivity contribution is 7.07. The third-order valence-corrected chi connectivity index (χ3v) is 6.22. The number of hydrogen-bond acceptors (Lipinski definition) is 4. The van der Waals surface area contributed by atoms with Gasteiger partial charge in [-0.05, 0) is 30.0 Å². The standard InChI is InChI=1S/C23H18N2O2S/c26-18-13-7-12-17-20(18)21(16-10-5-2-6-11-16)25-22(27)19(28-23(25)24-17)14-15-8-3-1-4-9-15/h1-6,8-11,14,21H,7,12-13H2/b19-14+. The number of Topliss-reactive ketones (excluding diaryl/α,β-unsaturated/α-hetero) is 1. The lowest BCUT2D eigenvalue weighted by Gasteiger charge is -2.28. The van der Waals surface area contributed by atoms with Crippen molar-refractivity contribution in [1.29, 1.82) is 0 Å². The average molecular weight is 386 g/mol. The number of benzene rings is 2. The minimum Gasteiger partial charge on any atom is -0.294 e. The van der Waals surface area contributed by atoms with E-state index in [0.29, 0.717) is 21.3 Å². The second-order valence-corrected chi connectivity index (χ2v) is 8.05. The molecule has 4 nitrogen and oxygen atoms in total. The van der Waals surface area contributed by atoms with Crippen LogP contribution in [-0.2, 0) is 4.79 Å². The molecule has 0 saturated carbocycles. The first-order valence-corrected chi connectivity index (χ1v) is 10.2. The van der Waals surface area contributed by atoms with Gasteiger partial charge in [0.1, 0.15) is 0 Å². The Labute approximate surface area is 165 Å². The number of fused-ring (bicyclic) bond motifs is 1. The molecule has 0 spiro atoms. The highest BCUT2D eigenvalue weighted by Crippen LogP contribution is 2.35. The normalized spacial score (nSPS) is 19.2. The molecule has 28 heavy (non-hydrogen) atoms. The Hall–Kier alpha value is -3.05. The zero-order valence-corrected chi connectivity index (χ0v) is 16.0. The van der Waals surface area contributed by atoms with Gasteiger partial charge in [-0.1, -0.05) is 72.0 Å². The van der Waals surface area contributed by atoms with Gasteiger partial charge in [0.25, 0.3) is 5.56 Å². The molecule has 0 N–H and O–H groups in total. The number of nitrogens with zero attached hydrogens (tertiary/aromatic N) is 2. The van der Waals surface area contributed by atoms with E-state index in [1.54, 1.807) is 4.57 Å². The Morgan fingerprint density at radius 2 is 1.68 bits per heavy atom. The Balaban J connectivity index is 1.78. The number of allylic oxidation sites excluding steroid dienone is 2. The summed E-state index contributed by atoms with van der Waals surface area (Å²) in [5.74, 6) is 0.108. The van der Waals surface area contributed by atoms with Gasteiger partial charge < -0.3 is 0 Å². The first-order valence-electron chi connectivity index (χ1n) is 9.40. The van der Waals surface area contributed by atoms with E-state index in [2.05, 4.69) is 0 Å². The monoisotopic (exact) mass is 386 g/mol. The van der Waals surface area contributed by atoms with Gasteiger partial charge in [-0.25, -0.2) is 4.99 Å². The quantitative estimate of drug-likeness (QED) is 0.680. The molecule has 0 bridgehead atoms. The number of rotatable bonds is 2. The summed E-state index contributed by atoms with van der Waals surface area (Å²) < 4.78 is 2.34. The second-order valence-electron chi connectivity index (χ2n) is 7.04. The molecule has 1 aliphatic carbocycles. The van der Waals surface area contributed by atoms with E-state index in [1.807, 2.05) is 66.7 Å². The highest BCUT2D eigenvalue weighted by Gasteiger charge is 2.34. The number of aromatic nitrogens is 1. The lowest BCUT2D eigenvalue weighted by Crippen LogP contribution is -2.40. The lowest BCUT2D eigenvalue weighted by molar-refractivity contribution is -0.116. The van der Waals surface area contributed by atoms with Crippen molar-refractivity contribution < 1.29 is 4.79 Å². The largest absolute Gasteiger partial charge is 0.294 e. The van der Waals surface area contributed by atoms with Gasteiger partial charge >= 0.3 is 0 Å². The third kappa shape index (κ3) is 2.79. The maximum atomic E-state index is 13.3. The van der Waals surface area contributed by atoms with E-state index < -0.39 is 6.04 Å². The molecule has 1 atom stereocenters. The van der Waals surface area contributed by atoms with E-state index in [1.165, 1.54) is 11.3 Å². The molecule has 2 aromatic carbocycles. The summed E-state index contributed by atoms with van der Waals surface area (Å²) in [7, 11) is 0. The van der Waals surface area contributed by atoms with E-state index in [0.717, 1.165) is 29.7 Å². The molecule has 1 unspecified atom stereocenters. The lowest BCUT2D eigenvalue weighted by atomic mass is 9.86. The minimum atomic E-state index is -0.391. The highest BCUT2D eigenvalue weighted by atomic mass is 32.1. The fourth-order valence-electron chi connectivity index (χ4n) is 3.96. The number of hydrogen-bond donors (Lipinski definition) is 0. The van der Waals surface area contributed by atoms with Crippen molar-refractivity contribution >= 4 is 23.2 Å². The molecular formula is C23H18N2O2S. The van der Waals surface area contributed by atoms with Crippen LogP contribution in [0.1, 0.15) is 36.4 Å². The maximum absolute atomic E-state index is 13.3. The topological polar surface area (TPSA) is 51.4 Å². The molecule has 2 heterocycles. The van der Waals surface area contributed by atoms with Crippen LogP contribution in [0, 0.1) is 0 Å². The summed E-state index contributed by atoms with van der Waals surface area (Å²) in [5.41, 5.74) is 3.37. The van der Waals surface area contributed by atoms with Crippen molar-refractivity contribution in [2.45, 2.75) is 25.3 Å². The number of ketones is 1. The van der Waals surface area contributed by atoms with Crippen LogP contribution in [0.15, 0.2) is 81.7 Å². The molecule has 1 aliphatic heterocycles. The molecule has 138 valence electrons. The van der Waals surface area contributed by atoms with Crippen molar-refractivity contribution in [2.24, 2.45) is 4.99 Å². The molecule has 0 saturated heterocycles. The van der Waals surface area contributed by atoms with Crippen molar-refractivity contribution in [3.63, 3.8) is 0 Å². The maximum Gasteiger partial charge on any atom is 0.271 e. The minimum absolute atomic E-state index is 0.0913. The Morgan fingerprint density at radius 3 is 2.43 bits per heavy atom. The summed E-state index contributed by atoms with van der Waals surface area (Å²) in [6, 6.07) is 19.2. The fraction of sp³-hybridized carbons (Fsp3) is 0.174. The first kappa shape index (κ1) is 17.1. The van der Waals surface area contributed by atoms with Crippen LogP contribution in [0.2, 0.25) is 0 Å². The van der Waals surface area contributed by atoms with Gasteiger partial charge in [0.05, 0.1) is 16.3 Å². The molecular weight excluding hydrogens is 368 g/mol. The second kappa shape index (κ2) is 6.84. The van der Waals surface area contributed by atoms with Crippen molar-refractivity contribution in [1.82, 2.24) is 4.57 Å². The first-order chi connectivity index (χ1) is 13.7. The molecule has 5 heteroatoms. The molecule has 1 aromatic heterocycles. The Bertz CT molecular complexity index is 1270. The molecule has 0 amide bonds. The van der Waals surface area contributed by atoms with Crippen LogP contribution in [0.5, 0.6) is 0 Å². The summed E-state index contributed by atoms with van der Waals surface area (Å²) in [6.07, 6.45) is 4.03. The van der Waals surface area contributed by atoms with Crippen LogP contribution in [0.25, 0.3) is 6.08 Å². The molecule has 5 rings (SSSR count). The van der Waals surface area contributed by atoms with Crippen LogP contribution in [-0.4, -0.2) is 10.4 Å². The number of carbonyl (C=O) groups is 1. The SMILES string of the molecule is O=C1CCCC2=C1C(c1ccccc1)n1c(s/c(=C/c3ccccc3)c1=O)=N2. The number of carbonyl (C=O) groups excluding carboxylic acids is 1. The van der Waals surface area contributed by atoms with Crippen LogP contribution >= 0.6 is 11.3 Å². The van der Waals surface area contributed by atoms with E-state index >= 15 is 0 Å². The third-order valence-electron chi connectivity index (χ3n) is 5.24. The molecule has 0 fully saturated rings. The summed E-state index contributed by atoms with van der Waals surface area (Å²) in [5, 5.41) is 0. The predicted octanol–water partition coefficient (Wildman–Crippen LogP) is 2.97. The van der Waals surface area contributed by atoms with Gasteiger partial charge in [-0.15, -0.1) is 0 Å². The summed E-state index contributed by atoms with van der Waals surface area (Å²) in [4.78, 5) is 31.5. The van der Waals surface area contributed by atoms with Crippen LogP contribution < -0.4 is 14.9 Å². The van der Waals surface area contributed by atoms with Crippen LogP contribution in [0.4, 0.5) is 0 Å². The van der Waals surface area contributed by atoms with Gasteiger partial charge in [0.15, 0.2) is 10.6 Å². The zero-order chi connectivity index (χ0) is 19.1. The Kier molecular flexibility index (Phi) is 4.17. The van der Waals surface area contributed by atoms with E-state index in [-0.39, 0.29) is 11.3 Å². The summed E-state index contributed by atoms with van der Waals surface area (Å²) >= 11 is 1.39. The van der Waals surface area contributed by atoms with E-state index in [4.69, 9.17) is 4.99 Å². The Morgan fingerprint density at radius 1 is 0.964 bits per heavy atom. The van der Waals surface area contributed by atoms with Gasteiger partial charge in [0, 0.05) is 12.0 Å². The van der Waals surface area contributed by atoms with E-state index in [9.17, 15) is 9.59 Å². The fourth-order valence-corrected chi connectivity index (χ4v) is 4.98. The van der Waals surface area contributed by atoms with Gasteiger partial charge in [-0.2, -0.15) is 0 Å². The van der Waals surface area contributed by atoms with Crippen LogP contribution in [0.3, 0.4) is 0 Å².